The van der Waals surface area contributed by atoms with Crippen LogP contribution in [0.25, 0.3) is 11.1 Å². The molecule has 1 heterocycles. The summed E-state index contributed by atoms with van der Waals surface area (Å²) in [5, 5.41) is 2.71. The lowest BCUT2D eigenvalue weighted by Crippen LogP contribution is -2.27. The average Bonchev–Trinajstić information content (AvgIpc) is 2.99. The molecule has 1 aliphatic heterocycles. The van der Waals surface area contributed by atoms with Crippen LogP contribution in [0.4, 0.5) is 10.5 Å². The van der Waals surface area contributed by atoms with Crippen LogP contribution >= 0.6 is 0 Å². The van der Waals surface area contributed by atoms with Gasteiger partial charge in [0.2, 0.25) is 0 Å². The zero-order valence-corrected chi connectivity index (χ0v) is 14.0. The normalized spacial score (nSPS) is 14.8. The van der Waals surface area contributed by atoms with Crippen LogP contribution in [0.1, 0.15) is 12.5 Å². The van der Waals surface area contributed by atoms with Gasteiger partial charge in [0.1, 0.15) is 4.90 Å². The molecule has 0 radical (unpaired) electrons. The number of anilines is 1. The van der Waals surface area contributed by atoms with Gasteiger partial charge in [0.15, 0.2) is 0 Å². The lowest BCUT2D eigenvalue weighted by molar-refractivity contribution is 0.252. The van der Waals surface area contributed by atoms with Gasteiger partial charge in [-0.3, -0.25) is 9.45 Å². The molecule has 0 unspecified atom stereocenters. The van der Waals surface area contributed by atoms with E-state index in [0.717, 1.165) is 12.0 Å². The molecule has 0 bridgehead atoms. The van der Waals surface area contributed by atoms with Crippen LogP contribution in [-0.4, -0.2) is 32.1 Å². The first kappa shape index (κ1) is 16.5. The molecule has 24 heavy (non-hydrogen) atoms. The Morgan fingerprint density at radius 2 is 1.88 bits per heavy atom. The highest BCUT2D eigenvalue weighted by Gasteiger charge is 2.24. The van der Waals surface area contributed by atoms with Crippen LogP contribution in [0.3, 0.4) is 0 Å². The Morgan fingerprint density at radius 3 is 2.42 bits per heavy atom. The Kier molecular flexibility index (Phi) is 4.29. The third-order valence-electron chi connectivity index (χ3n) is 4.08. The molecule has 126 valence electrons. The number of hydrogen-bond acceptors (Lipinski definition) is 3. The predicted molar refractivity (Wildman–Crippen MR) is 91.8 cm³/mol. The fourth-order valence-corrected chi connectivity index (χ4v) is 3.47. The largest absolute Gasteiger partial charge is 0.336 e. The molecule has 1 fully saturated rings. The molecule has 0 spiro atoms. The Hall–Kier alpha value is -2.38. The minimum atomic E-state index is -4.37. The Labute approximate surface area is 140 Å². The lowest BCUT2D eigenvalue weighted by atomic mass is 10.0. The molecule has 1 aliphatic rings. The summed E-state index contributed by atoms with van der Waals surface area (Å²) in [6.07, 6.45) is 0.874. The average molecular weight is 346 g/mol. The fourth-order valence-electron chi connectivity index (χ4n) is 2.77. The number of benzene rings is 2. The second-order valence-electron chi connectivity index (χ2n) is 5.59. The van der Waals surface area contributed by atoms with Gasteiger partial charge in [-0.1, -0.05) is 31.2 Å². The summed E-state index contributed by atoms with van der Waals surface area (Å²) in [6.45, 7) is 3.09. The second-order valence-corrected chi connectivity index (χ2v) is 6.98. The number of nitrogens with zero attached hydrogens (tertiary/aromatic N) is 1. The van der Waals surface area contributed by atoms with E-state index in [1.165, 1.54) is 17.0 Å². The van der Waals surface area contributed by atoms with Crippen molar-refractivity contribution in [2.45, 2.75) is 18.2 Å². The first-order valence-corrected chi connectivity index (χ1v) is 9.10. The number of hydrogen-bond donors (Lipinski definition) is 2. The summed E-state index contributed by atoms with van der Waals surface area (Å²) in [4.78, 5) is 13.2. The molecule has 6 nitrogen and oxygen atoms in total. The maximum atomic E-state index is 11.8. The van der Waals surface area contributed by atoms with Crippen LogP contribution in [0.15, 0.2) is 47.4 Å². The number of rotatable bonds is 4. The van der Waals surface area contributed by atoms with Crippen LogP contribution < -0.4 is 10.2 Å². The van der Waals surface area contributed by atoms with E-state index in [-0.39, 0.29) is 10.9 Å². The molecular weight excluding hydrogens is 328 g/mol. The van der Waals surface area contributed by atoms with E-state index in [2.05, 4.69) is 5.32 Å². The molecule has 7 heteroatoms. The Balaban J connectivity index is 2.13. The quantitative estimate of drug-likeness (QED) is 0.833. The van der Waals surface area contributed by atoms with Crippen molar-refractivity contribution in [3.05, 3.63) is 48.0 Å². The second kappa shape index (κ2) is 6.26. The van der Waals surface area contributed by atoms with Crippen molar-refractivity contribution in [3.8, 4) is 11.1 Å². The zero-order chi connectivity index (χ0) is 17.3. The van der Waals surface area contributed by atoms with Crippen molar-refractivity contribution < 1.29 is 17.8 Å². The van der Waals surface area contributed by atoms with Gasteiger partial charge in [0.05, 0.1) is 0 Å². The molecule has 0 saturated carbocycles. The summed E-state index contributed by atoms with van der Waals surface area (Å²) in [7, 11) is -4.37. The summed E-state index contributed by atoms with van der Waals surface area (Å²) in [6, 6.07) is 11.7. The van der Waals surface area contributed by atoms with Crippen molar-refractivity contribution in [2.24, 2.45) is 0 Å². The third-order valence-corrected chi connectivity index (χ3v) is 4.99. The van der Waals surface area contributed by atoms with Crippen molar-refractivity contribution >= 4 is 21.8 Å². The van der Waals surface area contributed by atoms with Gasteiger partial charge >= 0.3 is 6.03 Å². The van der Waals surface area contributed by atoms with E-state index in [0.29, 0.717) is 29.9 Å². The van der Waals surface area contributed by atoms with Gasteiger partial charge in [-0.25, -0.2) is 4.79 Å². The molecule has 2 N–H and O–H groups in total. The smallest absolute Gasteiger partial charge is 0.321 e. The van der Waals surface area contributed by atoms with Crippen molar-refractivity contribution in [1.29, 1.82) is 0 Å². The molecule has 2 aromatic carbocycles. The monoisotopic (exact) mass is 346 g/mol. The number of aryl methyl sites for hydroxylation is 1. The number of nitrogens with one attached hydrogen (secondary N) is 1. The fraction of sp³-hybridized carbons (Fsp3) is 0.235. The molecule has 2 aromatic rings. The first-order valence-electron chi connectivity index (χ1n) is 7.66. The molecule has 1 saturated heterocycles. The third kappa shape index (κ3) is 3.13. The van der Waals surface area contributed by atoms with Crippen LogP contribution in [0.2, 0.25) is 0 Å². The Bertz CT molecular complexity index is 876. The van der Waals surface area contributed by atoms with Crippen molar-refractivity contribution in [3.63, 3.8) is 0 Å². The van der Waals surface area contributed by atoms with Crippen molar-refractivity contribution in [1.82, 2.24) is 5.32 Å². The van der Waals surface area contributed by atoms with Crippen LogP contribution in [0, 0.1) is 0 Å². The van der Waals surface area contributed by atoms with Crippen LogP contribution in [0.5, 0.6) is 0 Å². The minimum absolute atomic E-state index is 0.171. The van der Waals surface area contributed by atoms with E-state index >= 15 is 0 Å². The van der Waals surface area contributed by atoms with Gasteiger partial charge in [0, 0.05) is 24.3 Å². The molecule has 2 amide bonds. The van der Waals surface area contributed by atoms with Gasteiger partial charge < -0.3 is 5.32 Å². The Morgan fingerprint density at radius 1 is 1.17 bits per heavy atom. The van der Waals surface area contributed by atoms with Gasteiger partial charge in [-0.2, -0.15) is 8.42 Å². The predicted octanol–water partition coefficient (Wildman–Crippen LogP) is 2.69. The maximum Gasteiger partial charge on any atom is 0.321 e. The first-order chi connectivity index (χ1) is 11.4. The highest BCUT2D eigenvalue weighted by molar-refractivity contribution is 7.86. The number of carbonyl (C=O) groups excluding carboxylic acids is 1. The van der Waals surface area contributed by atoms with E-state index in [1.807, 2.05) is 31.2 Å². The summed E-state index contributed by atoms with van der Waals surface area (Å²) >= 11 is 0. The van der Waals surface area contributed by atoms with Gasteiger partial charge in [0.25, 0.3) is 10.1 Å². The topological polar surface area (TPSA) is 86.7 Å². The molecular formula is C17H18N2O4S. The summed E-state index contributed by atoms with van der Waals surface area (Å²) < 4.78 is 32.9. The number of amides is 2. The van der Waals surface area contributed by atoms with E-state index in [4.69, 9.17) is 0 Å². The molecule has 0 atom stereocenters. The number of carbonyl (C=O) groups is 1. The van der Waals surface area contributed by atoms with Crippen LogP contribution in [-0.2, 0) is 16.5 Å². The van der Waals surface area contributed by atoms with E-state index < -0.39 is 10.1 Å². The van der Waals surface area contributed by atoms with Gasteiger partial charge in [-0.15, -0.1) is 0 Å². The van der Waals surface area contributed by atoms with Crippen molar-refractivity contribution in [2.75, 3.05) is 18.0 Å². The molecule has 0 aromatic heterocycles. The SMILES string of the molecule is CCc1ccc(-c2cc(N3CCNC3=O)ccc2S(=O)(=O)O)cc1. The van der Waals surface area contributed by atoms with E-state index in [1.54, 1.807) is 6.07 Å². The lowest BCUT2D eigenvalue weighted by Gasteiger charge is -2.17. The summed E-state index contributed by atoms with van der Waals surface area (Å²) in [5.74, 6) is 0. The number of urea groups is 1. The highest BCUT2D eigenvalue weighted by Crippen LogP contribution is 2.32. The minimum Gasteiger partial charge on any atom is -0.336 e. The van der Waals surface area contributed by atoms with E-state index in [9.17, 15) is 17.8 Å². The standard InChI is InChI=1S/C17H18N2O4S/c1-2-12-3-5-13(6-4-12)15-11-14(19-10-9-18-17(19)20)7-8-16(15)24(21,22)23/h3-8,11H,2,9-10H2,1H3,(H,18,20)(H,21,22,23). The highest BCUT2D eigenvalue weighted by atomic mass is 32.2. The maximum absolute atomic E-state index is 11.8. The molecule has 0 aliphatic carbocycles. The molecule has 3 rings (SSSR count). The summed E-state index contributed by atoms with van der Waals surface area (Å²) in [5.41, 5.74) is 2.76. The zero-order valence-electron chi connectivity index (χ0n) is 13.2. The van der Waals surface area contributed by atoms with Gasteiger partial charge in [-0.05, 0) is 35.7 Å².